The summed E-state index contributed by atoms with van der Waals surface area (Å²) in [6, 6.07) is 6.37. The molecule has 0 aromatic heterocycles. The highest BCUT2D eigenvalue weighted by atomic mass is 35.5. The van der Waals surface area contributed by atoms with Crippen LogP contribution in [0.3, 0.4) is 0 Å². The van der Waals surface area contributed by atoms with E-state index in [1.165, 1.54) is 16.7 Å². The van der Waals surface area contributed by atoms with Gasteiger partial charge in [0.25, 0.3) is 0 Å². The van der Waals surface area contributed by atoms with Gasteiger partial charge in [-0.15, -0.1) is 0 Å². The second-order valence-electron chi connectivity index (χ2n) is 3.12. The zero-order valence-corrected chi connectivity index (χ0v) is 8.28. The molecule has 0 radical (unpaired) electrons. The predicted molar refractivity (Wildman–Crippen MR) is 54.6 cm³/mol. The van der Waals surface area contributed by atoms with Crippen LogP contribution >= 0.6 is 11.6 Å². The molecule has 0 aliphatic heterocycles. The van der Waals surface area contributed by atoms with Crippen molar-refractivity contribution >= 4 is 11.6 Å². The van der Waals surface area contributed by atoms with Crippen molar-refractivity contribution in [3.8, 4) is 0 Å². The highest BCUT2D eigenvalue weighted by Gasteiger charge is 1.98. The van der Waals surface area contributed by atoms with Crippen LogP contribution in [0, 0.1) is 13.8 Å². The van der Waals surface area contributed by atoms with Gasteiger partial charge in [0.2, 0.25) is 0 Å². The molecule has 1 heteroatoms. The number of hydrogen-bond acceptors (Lipinski definition) is 0. The number of hydrogen-bond donors (Lipinski definition) is 0. The van der Waals surface area contributed by atoms with Gasteiger partial charge in [0.15, 0.2) is 0 Å². The summed E-state index contributed by atoms with van der Waals surface area (Å²) in [5, 5.41) is 0.696. The third kappa shape index (κ3) is 2.38. The third-order valence-corrected chi connectivity index (χ3v) is 2.01. The first-order valence-corrected chi connectivity index (χ1v) is 4.37. The van der Waals surface area contributed by atoms with Gasteiger partial charge >= 0.3 is 0 Å². The fraction of sp³-hybridized carbons (Fsp3) is 0.273. The van der Waals surface area contributed by atoms with E-state index in [9.17, 15) is 0 Å². The van der Waals surface area contributed by atoms with Gasteiger partial charge in [0.1, 0.15) is 0 Å². The molecular formula is C11H13Cl. The minimum atomic E-state index is 0.696. The number of benzene rings is 1. The lowest BCUT2D eigenvalue weighted by atomic mass is 10.0. The maximum absolute atomic E-state index is 5.73. The number of allylic oxidation sites excluding steroid dienone is 1. The van der Waals surface area contributed by atoms with E-state index >= 15 is 0 Å². The van der Waals surface area contributed by atoms with E-state index in [-0.39, 0.29) is 0 Å². The molecule has 0 spiro atoms. The van der Waals surface area contributed by atoms with E-state index in [1.807, 2.05) is 0 Å². The van der Waals surface area contributed by atoms with E-state index in [0.717, 1.165) is 6.42 Å². The van der Waals surface area contributed by atoms with Crippen molar-refractivity contribution in [3.63, 3.8) is 0 Å². The predicted octanol–water partition coefficient (Wildman–Crippen LogP) is 3.60. The molecule has 12 heavy (non-hydrogen) atoms. The zero-order valence-electron chi connectivity index (χ0n) is 7.52. The third-order valence-electron chi connectivity index (χ3n) is 1.88. The molecule has 0 aliphatic rings. The monoisotopic (exact) mass is 180 g/mol. The molecule has 0 bridgehead atoms. The largest absolute Gasteiger partial charge is 0.0894 e. The van der Waals surface area contributed by atoms with Crippen molar-refractivity contribution in [1.82, 2.24) is 0 Å². The summed E-state index contributed by atoms with van der Waals surface area (Å²) in [7, 11) is 0. The Kier molecular flexibility index (Phi) is 2.93. The van der Waals surface area contributed by atoms with E-state index in [0.29, 0.717) is 5.03 Å². The van der Waals surface area contributed by atoms with Gasteiger partial charge < -0.3 is 0 Å². The fourth-order valence-corrected chi connectivity index (χ4v) is 1.39. The summed E-state index contributed by atoms with van der Waals surface area (Å²) in [5.74, 6) is 0. The Labute approximate surface area is 78.9 Å². The first-order chi connectivity index (χ1) is 5.59. The Morgan fingerprint density at radius 2 is 2.08 bits per heavy atom. The van der Waals surface area contributed by atoms with E-state index < -0.39 is 0 Å². The lowest BCUT2D eigenvalue weighted by Crippen LogP contribution is -1.89. The first-order valence-electron chi connectivity index (χ1n) is 3.99. The van der Waals surface area contributed by atoms with Crippen molar-refractivity contribution in [2.45, 2.75) is 20.3 Å². The molecule has 64 valence electrons. The summed E-state index contributed by atoms with van der Waals surface area (Å²) >= 11 is 5.73. The van der Waals surface area contributed by atoms with Gasteiger partial charge in [0.05, 0.1) is 0 Å². The average molecular weight is 181 g/mol. The van der Waals surface area contributed by atoms with Crippen molar-refractivity contribution in [2.75, 3.05) is 0 Å². The van der Waals surface area contributed by atoms with Crippen LogP contribution in [0.2, 0.25) is 0 Å². The first kappa shape index (κ1) is 9.34. The highest BCUT2D eigenvalue weighted by Crippen LogP contribution is 2.15. The zero-order chi connectivity index (χ0) is 9.14. The van der Waals surface area contributed by atoms with Gasteiger partial charge in [-0.2, -0.15) is 0 Å². The summed E-state index contributed by atoms with van der Waals surface area (Å²) in [6.07, 6.45) is 0.771. The maximum atomic E-state index is 5.73. The van der Waals surface area contributed by atoms with Crippen LogP contribution in [0.25, 0.3) is 0 Å². The van der Waals surface area contributed by atoms with Gasteiger partial charge in [-0.1, -0.05) is 41.9 Å². The van der Waals surface area contributed by atoms with E-state index in [1.54, 1.807) is 0 Å². The molecule has 1 aromatic carbocycles. The molecule has 0 fully saturated rings. The van der Waals surface area contributed by atoms with Crippen molar-refractivity contribution in [3.05, 3.63) is 46.5 Å². The minimum absolute atomic E-state index is 0.696. The maximum Gasteiger partial charge on any atom is 0.0153 e. The minimum Gasteiger partial charge on any atom is -0.0894 e. The molecule has 0 nitrogen and oxygen atoms in total. The lowest BCUT2D eigenvalue weighted by molar-refractivity contribution is 1.18. The van der Waals surface area contributed by atoms with Gasteiger partial charge in [-0.25, -0.2) is 0 Å². The van der Waals surface area contributed by atoms with Crippen LogP contribution < -0.4 is 0 Å². The fourth-order valence-electron chi connectivity index (χ4n) is 1.25. The molecule has 0 unspecified atom stereocenters. The van der Waals surface area contributed by atoms with Crippen molar-refractivity contribution < 1.29 is 0 Å². The van der Waals surface area contributed by atoms with E-state index in [4.69, 9.17) is 11.6 Å². The molecule has 0 saturated carbocycles. The quantitative estimate of drug-likeness (QED) is 0.653. The van der Waals surface area contributed by atoms with Crippen LogP contribution in [0.5, 0.6) is 0 Å². The van der Waals surface area contributed by atoms with Gasteiger partial charge in [-0.3, -0.25) is 0 Å². The van der Waals surface area contributed by atoms with Crippen LogP contribution in [-0.2, 0) is 6.42 Å². The normalized spacial score (nSPS) is 9.92. The molecule has 1 aromatic rings. The molecule has 0 amide bonds. The molecule has 0 aliphatic carbocycles. The van der Waals surface area contributed by atoms with Crippen LogP contribution in [-0.4, -0.2) is 0 Å². The summed E-state index contributed by atoms with van der Waals surface area (Å²) in [4.78, 5) is 0. The Morgan fingerprint density at radius 1 is 1.42 bits per heavy atom. The standard InChI is InChI=1S/C11H13Cl/c1-8-4-5-11(7-10(3)12)9(2)6-8/h4-6H,3,7H2,1-2H3. The average Bonchev–Trinajstić information content (AvgIpc) is 1.94. The lowest BCUT2D eigenvalue weighted by Gasteiger charge is -2.04. The summed E-state index contributed by atoms with van der Waals surface area (Å²) < 4.78 is 0. The Hall–Kier alpha value is -0.750. The smallest absolute Gasteiger partial charge is 0.0153 e. The molecular weight excluding hydrogens is 168 g/mol. The Balaban J connectivity index is 2.93. The molecule has 1 rings (SSSR count). The van der Waals surface area contributed by atoms with Crippen LogP contribution in [0.4, 0.5) is 0 Å². The molecule has 0 saturated heterocycles. The topological polar surface area (TPSA) is 0 Å². The SMILES string of the molecule is C=C(Cl)Cc1ccc(C)cc1C. The summed E-state index contributed by atoms with van der Waals surface area (Å²) in [5.41, 5.74) is 3.84. The van der Waals surface area contributed by atoms with E-state index in [2.05, 4.69) is 38.6 Å². The number of halogens is 1. The molecule has 0 N–H and O–H groups in total. The van der Waals surface area contributed by atoms with Gasteiger partial charge in [-0.05, 0) is 25.0 Å². The number of rotatable bonds is 2. The molecule has 0 heterocycles. The summed E-state index contributed by atoms with van der Waals surface area (Å²) in [6.45, 7) is 7.87. The van der Waals surface area contributed by atoms with Gasteiger partial charge in [0, 0.05) is 11.5 Å². The van der Waals surface area contributed by atoms with Crippen molar-refractivity contribution in [1.29, 1.82) is 0 Å². The second-order valence-corrected chi connectivity index (χ2v) is 3.66. The second kappa shape index (κ2) is 3.77. The van der Waals surface area contributed by atoms with Crippen molar-refractivity contribution in [2.24, 2.45) is 0 Å². The van der Waals surface area contributed by atoms with Crippen LogP contribution in [0.1, 0.15) is 16.7 Å². The van der Waals surface area contributed by atoms with Crippen LogP contribution in [0.15, 0.2) is 29.8 Å². The Morgan fingerprint density at radius 3 is 2.58 bits per heavy atom. The Bertz CT molecular complexity index is 300. The molecule has 0 atom stereocenters. The number of aryl methyl sites for hydroxylation is 2. The highest BCUT2D eigenvalue weighted by molar-refractivity contribution is 6.29.